The number of anilines is 1. The molecule has 1 heterocycles. The topological polar surface area (TPSA) is 42.7 Å². The second kappa shape index (κ2) is 8.05. The molecule has 0 amide bonds. The van der Waals surface area contributed by atoms with E-state index in [1.54, 1.807) is 0 Å². The molecule has 0 aliphatic heterocycles. The fourth-order valence-electron chi connectivity index (χ4n) is 3.56. The van der Waals surface area contributed by atoms with E-state index in [1.807, 2.05) is 71.4 Å². The van der Waals surface area contributed by atoms with Crippen LogP contribution in [0, 0.1) is 0 Å². The van der Waals surface area contributed by atoms with Crippen LogP contribution in [0.25, 0.3) is 22.4 Å². The van der Waals surface area contributed by atoms with Crippen molar-refractivity contribution in [3.8, 4) is 0 Å². The lowest BCUT2D eigenvalue weighted by Crippen LogP contribution is -2.12. The second-order valence-electron chi connectivity index (χ2n) is 6.94. The molecule has 0 atom stereocenters. The molecule has 4 nitrogen and oxygen atoms in total. The van der Waals surface area contributed by atoms with Crippen LogP contribution in [-0.2, 0) is 0 Å². The van der Waals surface area contributed by atoms with Gasteiger partial charge in [0.15, 0.2) is 0 Å². The highest BCUT2D eigenvalue weighted by atomic mass is 15.5. The quantitative estimate of drug-likeness (QED) is 0.406. The molecule has 0 saturated heterocycles. The first kappa shape index (κ1) is 17.9. The molecule has 0 unspecified atom stereocenters. The fraction of sp³-hybridized carbons (Fsp3) is 0. The van der Waals surface area contributed by atoms with Gasteiger partial charge in [0.2, 0.25) is 0 Å². The Labute approximate surface area is 175 Å². The molecule has 144 valence electrons. The Hall–Kier alpha value is -4.18. The summed E-state index contributed by atoms with van der Waals surface area (Å²) in [7, 11) is 0. The fourth-order valence-corrected chi connectivity index (χ4v) is 3.56. The minimum atomic E-state index is 0.852. The number of nitrogens with one attached hydrogen (secondary N) is 1. The Balaban J connectivity index is 1.83. The van der Waals surface area contributed by atoms with Crippen LogP contribution >= 0.6 is 0 Å². The number of fused-ring (bicyclic) bond motifs is 1. The van der Waals surface area contributed by atoms with Gasteiger partial charge in [0, 0.05) is 11.3 Å². The van der Waals surface area contributed by atoms with E-state index in [0.717, 1.165) is 39.2 Å². The predicted octanol–water partition coefficient (Wildman–Crippen LogP) is 5.92. The van der Waals surface area contributed by atoms with Crippen LogP contribution in [-0.4, -0.2) is 15.0 Å². The smallest absolute Gasteiger partial charge is 0.142 e. The number of hydrogen-bond acceptors (Lipinski definition) is 3. The summed E-state index contributed by atoms with van der Waals surface area (Å²) in [5.41, 5.74) is 6.03. The molecule has 0 aliphatic carbocycles. The summed E-state index contributed by atoms with van der Waals surface area (Å²) < 4.78 is 1.89. The highest BCUT2D eigenvalue weighted by molar-refractivity contribution is 5.98. The van der Waals surface area contributed by atoms with Crippen molar-refractivity contribution in [1.29, 1.82) is 0 Å². The first-order valence-corrected chi connectivity index (χ1v) is 9.88. The molecule has 4 heteroatoms. The van der Waals surface area contributed by atoms with E-state index in [4.69, 9.17) is 0 Å². The summed E-state index contributed by atoms with van der Waals surface area (Å²) in [5.74, 6) is 0.854. The van der Waals surface area contributed by atoms with Gasteiger partial charge < -0.3 is 5.32 Å². The SMILES string of the molecule is c1ccc(NC(=C(c2ccccc2)c2ccccc2)n2nnc3ccccc32)cc1. The van der Waals surface area contributed by atoms with E-state index >= 15 is 0 Å². The van der Waals surface area contributed by atoms with Crippen molar-refractivity contribution >= 4 is 28.1 Å². The van der Waals surface area contributed by atoms with Crippen LogP contribution in [0.1, 0.15) is 11.1 Å². The Morgan fingerprint density at radius 1 is 0.600 bits per heavy atom. The number of hydrogen-bond donors (Lipinski definition) is 1. The molecule has 30 heavy (non-hydrogen) atoms. The first-order valence-electron chi connectivity index (χ1n) is 9.88. The molecule has 5 rings (SSSR count). The Morgan fingerprint density at radius 2 is 1.13 bits per heavy atom. The van der Waals surface area contributed by atoms with Gasteiger partial charge in [-0.2, -0.15) is 4.68 Å². The summed E-state index contributed by atoms with van der Waals surface area (Å²) in [6.07, 6.45) is 0. The highest BCUT2D eigenvalue weighted by Crippen LogP contribution is 2.31. The van der Waals surface area contributed by atoms with Gasteiger partial charge in [-0.25, -0.2) is 0 Å². The van der Waals surface area contributed by atoms with Crippen molar-refractivity contribution in [2.45, 2.75) is 0 Å². The third-order valence-corrected chi connectivity index (χ3v) is 4.96. The largest absolute Gasteiger partial charge is 0.340 e. The number of rotatable bonds is 5. The molecule has 1 N–H and O–H groups in total. The van der Waals surface area contributed by atoms with Crippen LogP contribution in [0.4, 0.5) is 5.69 Å². The maximum atomic E-state index is 4.51. The summed E-state index contributed by atoms with van der Waals surface area (Å²) in [6.45, 7) is 0. The van der Waals surface area contributed by atoms with Crippen molar-refractivity contribution in [3.05, 3.63) is 126 Å². The second-order valence-corrected chi connectivity index (χ2v) is 6.94. The minimum Gasteiger partial charge on any atom is -0.340 e. The normalized spacial score (nSPS) is 10.7. The van der Waals surface area contributed by atoms with Crippen molar-refractivity contribution in [2.75, 3.05) is 5.32 Å². The molecule has 0 spiro atoms. The van der Waals surface area contributed by atoms with Crippen LogP contribution in [0.5, 0.6) is 0 Å². The summed E-state index contributed by atoms with van der Waals surface area (Å²) in [4.78, 5) is 0. The number of benzene rings is 4. The van der Waals surface area contributed by atoms with Crippen molar-refractivity contribution < 1.29 is 0 Å². The van der Waals surface area contributed by atoms with Crippen LogP contribution in [0.2, 0.25) is 0 Å². The van der Waals surface area contributed by atoms with Crippen molar-refractivity contribution in [3.63, 3.8) is 0 Å². The molecule has 1 aromatic heterocycles. The summed E-state index contributed by atoms with van der Waals surface area (Å²) in [5, 5.41) is 12.5. The van der Waals surface area contributed by atoms with Crippen LogP contribution in [0.3, 0.4) is 0 Å². The third-order valence-electron chi connectivity index (χ3n) is 4.96. The van der Waals surface area contributed by atoms with Crippen molar-refractivity contribution in [2.24, 2.45) is 0 Å². The van der Waals surface area contributed by atoms with Gasteiger partial charge in [-0.05, 0) is 35.4 Å². The van der Waals surface area contributed by atoms with E-state index in [9.17, 15) is 0 Å². The molecule has 5 aromatic rings. The number of aromatic nitrogens is 3. The van der Waals surface area contributed by atoms with Gasteiger partial charge in [-0.15, -0.1) is 5.10 Å². The molecular formula is C26H20N4. The Kier molecular flexibility index (Phi) is 4.80. The average molecular weight is 388 g/mol. The van der Waals surface area contributed by atoms with Gasteiger partial charge in [-0.3, -0.25) is 0 Å². The van der Waals surface area contributed by atoms with Gasteiger partial charge in [-0.1, -0.05) is 96.2 Å². The van der Waals surface area contributed by atoms with E-state index in [1.165, 1.54) is 0 Å². The number of nitrogens with zero attached hydrogens (tertiary/aromatic N) is 3. The lowest BCUT2D eigenvalue weighted by atomic mass is 9.97. The maximum absolute atomic E-state index is 4.51. The average Bonchev–Trinajstić information content (AvgIpc) is 3.25. The number of para-hydroxylation sites is 2. The van der Waals surface area contributed by atoms with Gasteiger partial charge >= 0.3 is 0 Å². The molecule has 4 aromatic carbocycles. The Morgan fingerprint density at radius 3 is 1.77 bits per heavy atom. The zero-order valence-corrected chi connectivity index (χ0v) is 16.3. The maximum Gasteiger partial charge on any atom is 0.142 e. The molecule has 0 aliphatic rings. The molecule has 0 radical (unpaired) electrons. The standard InChI is InChI=1S/C26H20N4/c1-4-12-20(13-5-1)25(21-14-6-2-7-15-21)26(27-22-16-8-3-9-17-22)30-24-19-11-10-18-23(24)28-29-30/h1-19,27H. The van der Waals surface area contributed by atoms with Gasteiger partial charge in [0.1, 0.15) is 11.3 Å². The summed E-state index contributed by atoms with van der Waals surface area (Å²) in [6, 6.07) is 38.9. The van der Waals surface area contributed by atoms with Crippen molar-refractivity contribution in [1.82, 2.24) is 15.0 Å². The van der Waals surface area contributed by atoms with Crippen LogP contribution in [0.15, 0.2) is 115 Å². The molecular weight excluding hydrogens is 368 g/mol. The van der Waals surface area contributed by atoms with E-state index in [-0.39, 0.29) is 0 Å². The molecule has 0 saturated carbocycles. The van der Waals surface area contributed by atoms with E-state index in [2.05, 4.69) is 64.2 Å². The zero-order chi connectivity index (χ0) is 20.2. The first-order chi connectivity index (χ1) is 14.9. The zero-order valence-electron chi connectivity index (χ0n) is 16.3. The molecule has 0 bridgehead atoms. The monoisotopic (exact) mass is 388 g/mol. The lowest BCUT2D eigenvalue weighted by molar-refractivity contribution is 0.838. The van der Waals surface area contributed by atoms with Gasteiger partial charge in [0.05, 0.1) is 5.52 Å². The van der Waals surface area contributed by atoms with E-state index < -0.39 is 0 Å². The minimum absolute atomic E-state index is 0.852. The van der Waals surface area contributed by atoms with E-state index in [0.29, 0.717) is 0 Å². The summed E-state index contributed by atoms with van der Waals surface area (Å²) >= 11 is 0. The van der Waals surface area contributed by atoms with Crippen LogP contribution < -0.4 is 5.32 Å². The highest BCUT2D eigenvalue weighted by Gasteiger charge is 2.17. The molecule has 0 fully saturated rings. The lowest BCUT2D eigenvalue weighted by Gasteiger charge is -2.18. The third kappa shape index (κ3) is 3.47. The Bertz CT molecular complexity index is 1250. The predicted molar refractivity (Wildman–Crippen MR) is 123 cm³/mol. The van der Waals surface area contributed by atoms with Gasteiger partial charge in [0.25, 0.3) is 0 Å².